The smallest absolute Gasteiger partial charge is 0.254 e. The molecule has 3 aromatic rings. The molecule has 9 heteroatoms. The third kappa shape index (κ3) is 5.38. The molecule has 0 unspecified atom stereocenters. The second-order valence-electron chi connectivity index (χ2n) is 6.32. The lowest BCUT2D eigenvalue weighted by Gasteiger charge is -2.11. The van der Waals surface area contributed by atoms with E-state index in [0.717, 1.165) is 0 Å². The number of hydrogen-bond donors (Lipinski definition) is 2. The van der Waals surface area contributed by atoms with E-state index >= 15 is 0 Å². The van der Waals surface area contributed by atoms with Crippen LogP contribution in [0.15, 0.2) is 52.5 Å². The monoisotopic (exact) mass is 426 g/mol. The van der Waals surface area contributed by atoms with Crippen LogP contribution in [0.4, 0.5) is 5.69 Å². The van der Waals surface area contributed by atoms with Gasteiger partial charge in [0.1, 0.15) is 17.2 Å². The van der Waals surface area contributed by atoms with E-state index in [1.54, 1.807) is 56.6 Å². The molecule has 2 aromatic heterocycles. The number of anilines is 1. The summed E-state index contributed by atoms with van der Waals surface area (Å²) in [5.74, 6) is 1.29. The van der Waals surface area contributed by atoms with E-state index < -0.39 is 0 Å². The van der Waals surface area contributed by atoms with E-state index in [1.165, 1.54) is 11.8 Å². The van der Waals surface area contributed by atoms with Crippen LogP contribution in [0.1, 0.15) is 17.7 Å². The molecule has 3 rings (SSSR count). The maximum absolute atomic E-state index is 12.5. The zero-order valence-electron chi connectivity index (χ0n) is 16.9. The molecule has 0 saturated heterocycles. The largest absolute Gasteiger partial charge is 0.497 e. The Morgan fingerprint density at radius 1 is 1.20 bits per heavy atom. The number of ether oxygens (including phenoxy) is 2. The number of carbonyl (C=O) groups excluding carboxylic acids is 1. The molecule has 0 spiro atoms. The van der Waals surface area contributed by atoms with Crippen LogP contribution in [0.5, 0.6) is 17.4 Å². The summed E-state index contributed by atoms with van der Waals surface area (Å²) in [5, 5.41) is 3.35. The van der Waals surface area contributed by atoms with Gasteiger partial charge in [-0.1, -0.05) is 11.8 Å². The predicted octanol–water partition coefficient (Wildman–Crippen LogP) is 3.57. The van der Waals surface area contributed by atoms with Crippen LogP contribution in [-0.4, -0.2) is 34.2 Å². The fourth-order valence-corrected chi connectivity index (χ4v) is 3.17. The fourth-order valence-electron chi connectivity index (χ4n) is 2.75. The van der Waals surface area contributed by atoms with Gasteiger partial charge in [0, 0.05) is 23.9 Å². The molecule has 0 fully saturated rings. The van der Waals surface area contributed by atoms with Crippen molar-refractivity contribution in [2.75, 3.05) is 18.7 Å². The van der Waals surface area contributed by atoms with Crippen molar-refractivity contribution in [1.29, 1.82) is 0 Å². The van der Waals surface area contributed by atoms with Crippen molar-refractivity contribution >= 4 is 23.4 Å². The minimum Gasteiger partial charge on any atom is -0.497 e. The number of carbonyl (C=O) groups is 1. The summed E-state index contributed by atoms with van der Waals surface area (Å²) >= 11 is 1.36. The first kappa shape index (κ1) is 21.4. The van der Waals surface area contributed by atoms with Crippen LogP contribution in [0.3, 0.4) is 0 Å². The maximum Gasteiger partial charge on any atom is 0.254 e. The number of nitrogens with one attached hydrogen (secondary N) is 2. The van der Waals surface area contributed by atoms with Crippen LogP contribution in [0.25, 0.3) is 0 Å². The number of rotatable bonds is 8. The third-order valence-electron chi connectivity index (χ3n) is 4.32. The number of benzene rings is 1. The molecule has 0 aliphatic carbocycles. The molecular weight excluding hydrogens is 404 g/mol. The number of aromatic nitrogens is 3. The Labute approximate surface area is 178 Å². The summed E-state index contributed by atoms with van der Waals surface area (Å²) in [7, 11) is 1.59. The zero-order chi connectivity index (χ0) is 21.5. The highest BCUT2D eigenvalue weighted by atomic mass is 32.2. The maximum atomic E-state index is 12.5. The lowest BCUT2D eigenvalue weighted by molar-refractivity contribution is -0.116. The van der Waals surface area contributed by atoms with Gasteiger partial charge in [0.15, 0.2) is 5.16 Å². The van der Waals surface area contributed by atoms with Gasteiger partial charge in [-0.3, -0.25) is 9.59 Å². The Balaban J connectivity index is 1.66. The Morgan fingerprint density at radius 3 is 2.60 bits per heavy atom. The predicted molar refractivity (Wildman–Crippen MR) is 116 cm³/mol. The molecule has 0 aliphatic heterocycles. The first-order valence-electron chi connectivity index (χ1n) is 9.20. The molecular formula is C21H22N4O4S. The number of aromatic amines is 1. The summed E-state index contributed by atoms with van der Waals surface area (Å²) in [6, 6.07) is 10.4. The van der Waals surface area contributed by atoms with Gasteiger partial charge in [-0.2, -0.15) is 0 Å². The van der Waals surface area contributed by atoms with E-state index in [9.17, 15) is 9.59 Å². The molecule has 1 amide bonds. The number of methoxy groups -OCH3 is 1. The molecule has 156 valence electrons. The highest BCUT2D eigenvalue weighted by Gasteiger charge is 2.13. The first-order chi connectivity index (χ1) is 14.5. The van der Waals surface area contributed by atoms with Gasteiger partial charge in [0.2, 0.25) is 11.8 Å². The SMILES string of the molecule is COc1ccc(Oc2ncccc2NC(=O)CCc2c(C)nc(SC)[nH]c2=O)cc1. The summed E-state index contributed by atoms with van der Waals surface area (Å²) in [5.41, 5.74) is 1.36. The number of H-pyrrole nitrogens is 1. The summed E-state index contributed by atoms with van der Waals surface area (Å²) in [4.78, 5) is 35.9. The van der Waals surface area contributed by atoms with Gasteiger partial charge in [-0.05, 0) is 56.0 Å². The van der Waals surface area contributed by atoms with Crippen molar-refractivity contribution in [3.05, 3.63) is 64.2 Å². The molecule has 0 aliphatic rings. The Bertz CT molecular complexity index is 1080. The van der Waals surface area contributed by atoms with Crippen molar-refractivity contribution in [2.45, 2.75) is 24.9 Å². The topological polar surface area (TPSA) is 106 Å². The van der Waals surface area contributed by atoms with Crippen molar-refractivity contribution < 1.29 is 14.3 Å². The van der Waals surface area contributed by atoms with Crippen molar-refractivity contribution in [3.8, 4) is 17.4 Å². The summed E-state index contributed by atoms with van der Waals surface area (Å²) in [6.45, 7) is 1.77. The number of thioether (sulfide) groups is 1. The molecule has 0 bridgehead atoms. The normalized spacial score (nSPS) is 10.5. The van der Waals surface area contributed by atoms with Gasteiger partial charge in [-0.25, -0.2) is 9.97 Å². The molecule has 0 atom stereocenters. The first-order valence-corrected chi connectivity index (χ1v) is 10.4. The quantitative estimate of drug-likeness (QED) is 0.419. The van der Waals surface area contributed by atoms with Gasteiger partial charge in [-0.15, -0.1) is 0 Å². The number of amides is 1. The highest BCUT2D eigenvalue weighted by molar-refractivity contribution is 7.98. The molecule has 1 aromatic carbocycles. The third-order valence-corrected chi connectivity index (χ3v) is 4.90. The Hall–Kier alpha value is -3.33. The minimum absolute atomic E-state index is 0.126. The van der Waals surface area contributed by atoms with E-state index in [2.05, 4.69) is 20.3 Å². The number of aryl methyl sites for hydroxylation is 1. The molecule has 2 N–H and O–H groups in total. The zero-order valence-corrected chi connectivity index (χ0v) is 17.7. The lowest BCUT2D eigenvalue weighted by atomic mass is 10.1. The van der Waals surface area contributed by atoms with Crippen LogP contribution in [0.2, 0.25) is 0 Å². The molecule has 0 radical (unpaired) electrons. The van der Waals surface area contributed by atoms with Crippen molar-refractivity contribution in [2.24, 2.45) is 0 Å². The molecule has 8 nitrogen and oxygen atoms in total. The number of pyridine rings is 1. The van der Waals surface area contributed by atoms with Gasteiger partial charge in [0.05, 0.1) is 7.11 Å². The fraction of sp³-hybridized carbons (Fsp3) is 0.238. The summed E-state index contributed by atoms with van der Waals surface area (Å²) < 4.78 is 10.9. The second kappa shape index (κ2) is 9.93. The average molecular weight is 426 g/mol. The van der Waals surface area contributed by atoms with E-state index in [1.807, 2.05) is 6.26 Å². The molecule has 2 heterocycles. The van der Waals surface area contributed by atoms with Crippen molar-refractivity contribution in [3.63, 3.8) is 0 Å². The van der Waals surface area contributed by atoms with Crippen LogP contribution in [-0.2, 0) is 11.2 Å². The standard InChI is InChI=1S/C21H22N4O4S/c1-13-16(19(27)25-21(23-13)30-3)10-11-18(26)24-17-5-4-12-22-20(17)29-15-8-6-14(28-2)7-9-15/h4-9,12H,10-11H2,1-3H3,(H,24,26)(H,23,25,27). The van der Waals surface area contributed by atoms with Gasteiger partial charge in [0.25, 0.3) is 5.56 Å². The van der Waals surface area contributed by atoms with E-state index in [4.69, 9.17) is 9.47 Å². The highest BCUT2D eigenvalue weighted by Crippen LogP contribution is 2.28. The van der Waals surface area contributed by atoms with E-state index in [-0.39, 0.29) is 30.2 Å². The summed E-state index contributed by atoms with van der Waals surface area (Å²) in [6.07, 6.45) is 3.82. The second-order valence-corrected chi connectivity index (χ2v) is 7.12. The average Bonchev–Trinajstić information content (AvgIpc) is 2.75. The van der Waals surface area contributed by atoms with Crippen LogP contribution in [0, 0.1) is 6.92 Å². The van der Waals surface area contributed by atoms with Gasteiger partial charge < -0.3 is 19.8 Å². The number of hydrogen-bond acceptors (Lipinski definition) is 7. The number of nitrogens with zero attached hydrogens (tertiary/aromatic N) is 2. The van der Waals surface area contributed by atoms with Crippen LogP contribution >= 0.6 is 11.8 Å². The lowest BCUT2D eigenvalue weighted by Crippen LogP contribution is -2.20. The van der Waals surface area contributed by atoms with Gasteiger partial charge >= 0.3 is 0 Å². The van der Waals surface area contributed by atoms with Crippen molar-refractivity contribution in [1.82, 2.24) is 15.0 Å². The Kier molecular flexibility index (Phi) is 7.08. The van der Waals surface area contributed by atoms with Crippen LogP contribution < -0.4 is 20.3 Å². The minimum atomic E-state index is -0.254. The Morgan fingerprint density at radius 2 is 1.93 bits per heavy atom. The van der Waals surface area contributed by atoms with E-state index in [0.29, 0.717) is 33.6 Å². The molecule has 0 saturated carbocycles. The molecule has 30 heavy (non-hydrogen) atoms.